The Balaban J connectivity index is 2.51. The Morgan fingerprint density at radius 2 is 2.00 bits per heavy atom. The van der Waals surface area contributed by atoms with Gasteiger partial charge in [0.1, 0.15) is 0 Å². The molecule has 0 bridgehead atoms. The minimum absolute atomic E-state index is 0.204. The Labute approximate surface area is 85.2 Å². The minimum atomic E-state index is -4.10. The van der Waals surface area contributed by atoms with Crippen LogP contribution in [0, 0.1) is 5.41 Å². The summed E-state index contributed by atoms with van der Waals surface area (Å²) in [7, 11) is 0.964. The number of hydrogen-bond acceptors (Lipinski definition) is 2. The predicted molar refractivity (Wildman–Crippen MR) is 49.9 cm³/mol. The van der Waals surface area contributed by atoms with Crippen LogP contribution in [0.5, 0.6) is 0 Å². The van der Waals surface area contributed by atoms with Gasteiger partial charge in [0.05, 0.1) is 21.2 Å². The Morgan fingerprint density at radius 3 is 2.25 bits per heavy atom. The second kappa shape index (κ2) is 3.91. The maximum Gasteiger partial charge on any atom is 0.396 e. The predicted octanol–water partition coefficient (Wildman–Crippen LogP) is 3.73. The van der Waals surface area contributed by atoms with E-state index in [0.29, 0.717) is 6.42 Å². The van der Waals surface area contributed by atoms with Crippen molar-refractivity contribution in [2.45, 2.75) is 25.4 Å². The molecule has 0 amide bonds. The molecule has 12 heavy (non-hydrogen) atoms. The molecule has 0 spiro atoms. The van der Waals surface area contributed by atoms with Crippen molar-refractivity contribution >= 4 is 30.4 Å². The molecular formula is C6H8F3IOS. The van der Waals surface area contributed by atoms with Crippen molar-refractivity contribution < 1.29 is 17.4 Å². The van der Waals surface area contributed by atoms with Gasteiger partial charge in [0.25, 0.3) is 0 Å². The maximum atomic E-state index is 12.4. The zero-order chi connectivity index (χ0) is 9.24. The Kier molecular flexibility index (Phi) is 3.56. The number of hydrogen-bond donors (Lipinski definition) is 0. The van der Waals surface area contributed by atoms with Crippen molar-refractivity contribution in [3.63, 3.8) is 0 Å². The van der Waals surface area contributed by atoms with Crippen LogP contribution in [0.2, 0.25) is 0 Å². The minimum Gasteiger partial charge on any atom is -0.305 e. The average molecular weight is 312 g/mol. The molecule has 6 heteroatoms. The third kappa shape index (κ3) is 2.01. The molecule has 1 aliphatic rings. The van der Waals surface area contributed by atoms with Crippen LogP contribution in [0.4, 0.5) is 13.2 Å². The molecule has 0 heterocycles. The van der Waals surface area contributed by atoms with Crippen LogP contribution < -0.4 is 0 Å². The van der Waals surface area contributed by atoms with E-state index in [0.717, 1.165) is 9.21 Å². The summed E-state index contributed by atoms with van der Waals surface area (Å²) < 4.78 is 41.9. The number of rotatable bonds is 3. The van der Waals surface area contributed by atoms with Gasteiger partial charge in [-0.1, -0.05) is 6.42 Å². The summed E-state index contributed by atoms with van der Waals surface area (Å²) in [5, 5.41) is 0. The van der Waals surface area contributed by atoms with Gasteiger partial charge in [0, 0.05) is 21.2 Å². The zero-order valence-electron chi connectivity index (χ0n) is 6.16. The molecule has 0 radical (unpaired) electrons. The normalized spacial score (nSPS) is 22.0. The molecule has 1 aliphatic carbocycles. The van der Waals surface area contributed by atoms with Crippen LogP contribution >= 0.6 is 30.4 Å². The van der Waals surface area contributed by atoms with E-state index in [4.69, 9.17) is 4.18 Å². The lowest BCUT2D eigenvalue weighted by Gasteiger charge is -2.42. The molecule has 0 aromatic carbocycles. The summed E-state index contributed by atoms with van der Waals surface area (Å²) in [6.07, 6.45) is -3.01. The van der Waals surface area contributed by atoms with Crippen LogP contribution in [0.15, 0.2) is 0 Å². The summed E-state index contributed by atoms with van der Waals surface area (Å²) in [6, 6.07) is 0. The molecule has 0 aliphatic heterocycles. The summed E-state index contributed by atoms with van der Waals surface area (Å²) in [5.74, 6) is 0. The van der Waals surface area contributed by atoms with Gasteiger partial charge in [-0.3, -0.25) is 0 Å². The number of halogens is 4. The van der Waals surface area contributed by atoms with Crippen molar-refractivity contribution in [1.29, 1.82) is 0 Å². The van der Waals surface area contributed by atoms with E-state index in [1.807, 2.05) is 21.2 Å². The standard InChI is InChI=1S/C6H8F3IOS/c7-6(8,9)5(2-1-3-5)4-11-12-10/h1-4H2. The number of alkyl halides is 3. The molecule has 0 N–H and O–H groups in total. The first-order chi connectivity index (χ1) is 5.52. The van der Waals surface area contributed by atoms with Gasteiger partial charge >= 0.3 is 6.18 Å². The first-order valence-corrected chi connectivity index (χ1v) is 6.77. The van der Waals surface area contributed by atoms with Gasteiger partial charge in [-0.2, -0.15) is 13.2 Å². The van der Waals surface area contributed by atoms with Crippen LogP contribution in [0.1, 0.15) is 19.3 Å². The fourth-order valence-electron chi connectivity index (χ4n) is 1.25. The largest absolute Gasteiger partial charge is 0.396 e. The molecule has 1 saturated carbocycles. The fourth-order valence-corrected chi connectivity index (χ4v) is 1.90. The lowest BCUT2D eigenvalue weighted by atomic mass is 9.69. The Hall–Kier alpha value is 0.830. The average Bonchev–Trinajstić information content (AvgIpc) is 1.82. The highest BCUT2D eigenvalue weighted by molar-refractivity contribution is 14.2. The van der Waals surface area contributed by atoms with Gasteiger partial charge < -0.3 is 4.18 Å². The zero-order valence-corrected chi connectivity index (χ0v) is 9.13. The molecule has 1 fully saturated rings. The van der Waals surface area contributed by atoms with Gasteiger partial charge in [0.15, 0.2) is 0 Å². The van der Waals surface area contributed by atoms with Crippen molar-refractivity contribution in [1.82, 2.24) is 0 Å². The van der Waals surface area contributed by atoms with Crippen molar-refractivity contribution in [2.24, 2.45) is 5.41 Å². The second-order valence-corrected chi connectivity index (χ2v) is 4.40. The van der Waals surface area contributed by atoms with E-state index < -0.39 is 11.6 Å². The summed E-state index contributed by atoms with van der Waals surface area (Å²) in [5.41, 5.74) is -1.54. The highest BCUT2D eigenvalue weighted by Crippen LogP contribution is 2.53. The molecule has 72 valence electrons. The van der Waals surface area contributed by atoms with Crippen molar-refractivity contribution in [3.05, 3.63) is 0 Å². The van der Waals surface area contributed by atoms with Gasteiger partial charge in [-0.25, -0.2) is 0 Å². The Bertz CT molecular complexity index is 157. The van der Waals surface area contributed by atoms with Crippen LogP contribution in [0.25, 0.3) is 0 Å². The lowest BCUT2D eigenvalue weighted by molar-refractivity contribution is -0.258. The van der Waals surface area contributed by atoms with Gasteiger partial charge in [-0.05, 0) is 12.8 Å². The maximum absolute atomic E-state index is 12.4. The molecule has 0 unspecified atom stereocenters. The van der Waals surface area contributed by atoms with E-state index >= 15 is 0 Å². The first-order valence-electron chi connectivity index (χ1n) is 3.49. The van der Waals surface area contributed by atoms with E-state index in [9.17, 15) is 13.2 Å². The quantitative estimate of drug-likeness (QED) is 0.580. The molecule has 0 aromatic rings. The fraction of sp³-hybridized carbons (Fsp3) is 1.00. The summed E-state index contributed by atoms with van der Waals surface area (Å²) in [6.45, 7) is -0.204. The smallest absolute Gasteiger partial charge is 0.305 e. The molecular weight excluding hydrogens is 304 g/mol. The van der Waals surface area contributed by atoms with E-state index in [-0.39, 0.29) is 19.4 Å². The third-order valence-electron chi connectivity index (χ3n) is 2.29. The van der Waals surface area contributed by atoms with Crippen molar-refractivity contribution in [3.8, 4) is 0 Å². The monoisotopic (exact) mass is 312 g/mol. The van der Waals surface area contributed by atoms with E-state index in [1.54, 1.807) is 0 Å². The third-order valence-corrected chi connectivity index (χ3v) is 3.26. The molecule has 1 rings (SSSR count). The van der Waals surface area contributed by atoms with E-state index in [1.165, 1.54) is 0 Å². The molecule has 0 aromatic heterocycles. The topological polar surface area (TPSA) is 9.23 Å². The van der Waals surface area contributed by atoms with Crippen molar-refractivity contribution in [2.75, 3.05) is 6.61 Å². The SMILES string of the molecule is FC(F)(F)C1(COSI)CCC1. The summed E-state index contributed by atoms with van der Waals surface area (Å²) in [4.78, 5) is 0. The van der Waals surface area contributed by atoms with Gasteiger partial charge in [0.2, 0.25) is 0 Å². The molecule has 0 atom stereocenters. The highest BCUT2D eigenvalue weighted by atomic mass is 127. The lowest BCUT2D eigenvalue weighted by Crippen LogP contribution is -2.46. The summed E-state index contributed by atoms with van der Waals surface area (Å²) >= 11 is 1.82. The molecule has 1 nitrogen and oxygen atoms in total. The van der Waals surface area contributed by atoms with E-state index in [2.05, 4.69) is 0 Å². The first kappa shape index (κ1) is 10.9. The van der Waals surface area contributed by atoms with Crippen LogP contribution in [-0.4, -0.2) is 12.8 Å². The van der Waals surface area contributed by atoms with Crippen LogP contribution in [0.3, 0.4) is 0 Å². The molecule has 0 saturated heterocycles. The Morgan fingerprint density at radius 1 is 1.42 bits per heavy atom. The van der Waals surface area contributed by atoms with Gasteiger partial charge in [-0.15, -0.1) is 0 Å². The second-order valence-electron chi connectivity index (χ2n) is 2.96. The highest BCUT2D eigenvalue weighted by Gasteiger charge is 2.58. The van der Waals surface area contributed by atoms with Crippen LogP contribution in [-0.2, 0) is 4.18 Å².